The molecule has 28 heavy (non-hydrogen) atoms. The molecule has 1 aromatic heterocycles. The van der Waals surface area contributed by atoms with Crippen LogP contribution in [0.25, 0.3) is 0 Å². The van der Waals surface area contributed by atoms with Crippen molar-refractivity contribution in [2.24, 2.45) is 0 Å². The van der Waals surface area contributed by atoms with E-state index in [-0.39, 0.29) is 12.2 Å². The van der Waals surface area contributed by atoms with Gasteiger partial charge in [-0.1, -0.05) is 41.9 Å². The molecular formula is C22H24ClNO4. The van der Waals surface area contributed by atoms with Gasteiger partial charge in [0.1, 0.15) is 22.6 Å². The fraction of sp³-hybridized carbons (Fsp3) is 0.500. The number of fused-ring (bicyclic) bond motifs is 2. The van der Waals surface area contributed by atoms with Crippen molar-refractivity contribution in [3.05, 3.63) is 58.4 Å². The van der Waals surface area contributed by atoms with Crippen LogP contribution >= 0.6 is 11.6 Å². The zero-order chi connectivity index (χ0) is 19.0. The molecule has 0 radical (unpaired) electrons. The molecule has 1 atom stereocenters. The predicted octanol–water partition coefficient (Wildman–Crippen LogP) is 4.05. The summed E-state index contributed by atoms with van der Waals surface area (Å²) in [6, 6.07) is 12.1. The molecule has 6 heteroatoms. The Hall–Kier alpha value is -1.66. The molecule has 1 unspecified atom stereocenters. The van der Waals surface area contributed by atoms with E-state index in [1.807, 2.05) is 24.3 Å². The summed E-state index contributed by atoms with van der Waals surface area (Å²) in [6.07, 6.45) is 3.79. The smallest absolute Gasteiger partial charge is 0.136 e. The fourth-order valence-electron chi connectivity index (χ4n) is 4.22. The van der Waals surface area contributed by atoms with Crippen molar-refractivity contribution >= 4 is 11.6 Å². The maximum atomic E-state index is 6.32. The van der Waals surface area contributed by atoms with Crippen LogP contribution in [0, 0.1) is 0 Å². The van der Waals surface area contributed by atoms with Crippen molar-refractivity contribution in [2.45, 2.75) is 50.1 Å². The van der Waals surface area contributed by atoms with Gasteiger partial charge in [0, 0.05) is 43.9 Å². The first-order valence-corrected chi connectivity index (χ1v) is 10.3. The predicted molar refractivity (Wildman–Crippen MR) is 105 cm³/mol. The van der Waals surface area contributed by atoms with E-state index >= 15 is 0 Å². The van der Waals surface area contributed by atoms with E-state index in [0.717, 1.165) is 42.7 Å². The van der Waals surface area contributed by atoms with Crippen LogP contribution in [0.5, 0.6) is 5.75 Å². The van der Waals surface area contributed by atoms with Gasteiger partial charge in [-0.05, 0) is 5.56 Å². The van der Waals surface area contributed by atoms with Crippen molar-refractivity contribution < 1.29 is 18.9 Å². The lowest BCUT2D eigenvalue weighted by Crippen LogP contribution is -2.41. The Balaban J connectivity index is 1.24. The summed E-state index contributed by atoms with van der Waals surface area (Å²) in [5.74, 6) is 0.844. The maximum absolute atomic E-state index is 6.32. The Kier molecular flexibility index (Phi) is 5.01. The largest absolute Gasteiger partial charge is 0.490 e. The summed E-state index contributed by atoms with van der Waals surface area (Å²) < 4.78 is 24.0. The number of rotatable bonds is 5. The number of benzene rings is 1. The maximum Gasteiger partial charge on any atom is 0.136 e. The molecule has 1 saturated carbocycles. The molecule has 2 aromatic rings. The highest BCUT2D eigenvalue weighted by Crippen LogP contribution is 2.43. The van der Waals surface area contributed by atoms with Crippen molar-refractivity contribution in [1.82, 2.24) is 4.98 Å². The zero-order valence-electron chi connectivity index (χ0n) is 15.7. The first-order valence-electron chi connectivity index (χ1n) is 9.96. The SMILES string of the molecule is Clc1cc(OC2CC(OCc3ccccc3)C2)c2c(n1)C1(CCOC1)OCC2. The minimum atomic E-state index is -0.461. The molecule has 1 aliphatic carbocycles. The molecule has 0 amide bonds. The van der Waals surface area contributed by atoms with E-state index in [0.29, 0.717) is 31.6 Å². The number of nitrogens with zero attached hydrogens (tertiary/aromatic N) is 1. The first kappa shape index (κ1) is 18.4. The number of hydrogen-bond donors (Lipinski definition) is 0. The molecule has 3 heterocycles. The van der Waals surface area contributed by atoms with Gasteiger partial charge in [0.2, 0.25) is 0 Å². The van der Waals surface area contributed by atoms with Gasteiger partial charge in [-0.2, -0.15) is 0 Å². The van der Waals surface area contributed by atoms with E-state index in [9.17, 15) is 0 Å². The third kappa shape index (κ3) is 3.52. The number of ether oxygens (including phenoxy) is 4. The summed E-state index contributed by atoms with van der Waals surface area (Å²) in [5.41, 5.74) is 2.76. The normalized spacial score (nSPS) is 28.8. The summed E-state index contributed by atoms with van der Waals surface area (Å²) >= 11 is 6.32. The third-order valence-corrected chi connectivity index (χ3v) is 6.07. The van der Waals surface area contributed by atoms with Crippen LogP contribution in [0.4, 0.5) is 0 Å². The Morgan fingerprint density at radius 1 is 1.14 bits per heavy atom. The highest BCUT2D eigenvalue weighted by Gasteiger charge is 2.44. The lowest BCUT2D eigenvalue weighted by Gasteiger charge is -2.38. The highest BCUT2D eigenvalue weighted by atomic mass is 35.5. The highest BCUT2D eigenvalue weighted by molar-refractivity contribution is 6.29. The molecular weight excluding hydrogens is 378 g/mol. The summed E-state index contributed by atoms with van der Waals surface area (Å²) in [7, 11) is 0. The van der Waals surface area contributed by atoms with Gasteiger partial charge in [0.25, 0.3) is 0 Å². The Labute approximate surface area is 169 Å². The second-order valence-corrected chi connectivity index (χ2v) is 8.18. The molecule has 0 bridgehead atoms. The molecule has 2 fully saturated rings. The lowest BCUT2D eigenvalue weighted by atomic mass is 9.89. The Morgan fingerprint density at radius 2 is 2.00 bits per heavy atom. The van der Waals surface area contributed by atoms with E-state index in [4.69, 9.17) is 30.5 Å². The van der Waals surface area contributed by atoms with Crippen LogP contribution < -0.4 is 4.74 Å². The van der Waals surface area contributed by atoms with E-state index < -0.39 is 5.60 Å². The third-order valence-electron chi connectivity index (χ3n) is 5.87. The number of halogens is 1. The average Bonchev–Trinajstić information content (AvgIpc) is 3.14. The standard InChI is InChI=1S/C22H24ClNO4/c23-20-12-19(18-6-8-27-22(21(18)24-20)7-9-25-14-22)28-17-10-16(11-17)26-13-15-4-2-1-3-5-15/h1-5,12,16-17H,6-11,13-14H2. The van der Waals surface area contributed by atoms with Crippen molar-refractivity contribution in [1.29, 1.82) is 0 Å². The molecule has 3 aliphatic rings. The number of pyridine rings is 1. The quantitative estimate of drug-likeness (QED) is 0.707. The van der Waals surface area contributed by atoms with Crippen molar-refractivity contribution in [2.75, 3.05) is 19.8 Å². The minimum Gasteiger partial charge on any atom is -0.490 e. The number of hydrogen-bond acceptors (Lipinski definition) is 5. The van der Waals surface area contributed by atoms with Gasteiger partial charge in [-0.25, -0.2) is 4.98 Å². The second kappa shape index (κ2) is 7.64. The molecule has 1 aromatic carbocycles. The van der Waals surface area contributed by atoms with Gasteiger partial charge in [-0.15, -0.1) is 0 Å². The van der Waals surface area contributed by atoms with Crippen molar-refractivity contribution in [3.8, 4) is 5.75 Å². The van der Waals surface area contributed by atoms with Gasteiger partial charge >= 0.3 is 0 Å². The molecule has 2 aliphatic heterocycles. The van der Waals surface area contributed by atoms with Crippen LogP contribution in [0.1, 0.15) is 36.1 Å². The van der Waals surface area contributed by atoms with Gasteiger partial charge < -0.3 is 18.9 Å². The van der Waals surface area contributed by atoms with Crippen LogP contribution in [0.3, 0.4) is 0 Å². The van der Waals surface area contributed by atoms with E-state index in [1.165, 1.54) is 5.56 Å². The zero-order valence-corrected chi connectivity index (χ0v) is 16.5. The second-order valence-electron chi connectivity index (χ2n) is 7.80. The average molecular weight is 402 g/mol. The monoisotopic (exact) mass is 401 g/mol. The van der Waals surface area contributed by atoms with Crippen LogP contribution in [0.15, 0.2) is 36.4 Å². The summed E-state index contributed by atoms with van der Waals surface area (Å²) in [5, 5.41) is 0.446. The molecule has 1 saturated heterocycles. The molecule has 1 spiro atoms. The molecule has 5 nitrogen and oxygen atoms in total. The van der Waals surface area contributed by atoms with E-state index in [1.54, 1.807) is 0 Å². The van der Waals surface area contributed by atoms with Crippen molar-refractivity contribution in [3.63, 3.8) is 0 Å². The van der Waals surface area contributed by atoms with Gasteiger partial charge in [0.15, 0.2) is 0 Å². The topological polar surface area (TPSA) is 49.8 Å². The minimum absolute atomic E-state index is 0.155. The lowest BCUT2D eigenvalue weighted by molar-refractivity contribution is -0.0744. The first-order chi connectivity index (χ1) is 13.7. The Morgan fingerprint density at radius 3 is 2.79 bits per heavy atom. The van der Waals surface area contributed by atoms with Crippen LogP contribution in [-0.2, 0) is 32.8 Å². The van der Waals surface area contributed by atoms with E-state index in [2.05, 4.69) is 17.1 Å². The fourth-order valence-corrected chi connectivity index (χ4v) is 4.41. The van der Waals surface area contributed by atoms with Crippen LogP contribution in [0.2, 0.25) is 5.15 Å². The summed E-state index contributed by atoms with van der Waals surface area (Å²) in [4.78, 5) is 4.59. The number of aromatic nitrogens is 1. The van der Waals surface area contributed by atoms with Crippen LogP contribution in [-0.4, -0.2) is 37.0 Å². The molecule has 148 valence electrons. The molecule has 5 rings (SSSR count). The summed E-state index contributed by atoms with van der Waals surface area (Å²) in [6.45, 7) is 2.52. The Bertz CT molecular complexity index is 832. The van der Waals surface area contributed by atoms with Gasteiger partial charge in [0.05, 0.1) is 31.6 Å². The van der Waals surface area contributed by atoms with Gasteiger partial charge in [-0.3, -0.25) is 0 Å². The molecule has 0 N–H and O–H groups in total.